The second kappa shape index (κ2) is 8.25. The highest BCUT2D eigenvalue weighted by molar-refractivity contribution is 5.88. The van der Waals surface area contributed by atoms with Gasteiger partial charge in [-0.15, -0.1) is 0 Å². The van der Waals surface area contributed by atoms with Crippen molar-refractivity contribution in [1.29, 1.82) is 0 Å². The first-order valence-electron chi connectivity index (χ1n) is 9.21. The largest absolute Gasteiger partial charge is 0.491 e. The number of hydrogen-bond donors (Lipinski definition) is 1. The van der Waals surface area contributed by atoms with Gasteiger partial charge in [-0.3, -0.25) is 9.59 Å². The lowest BCUT2D eigenvalue weighted by molar-refractivity contribution is -0.151. The summed E-state index contributed by atoms with van der Waals surface area (Å²) in [5.41, 5.74) is 2.63. The number of amides is 1. The molecule has 2 aromatic carbocycles. The number of benzene rings is 2. The third-order valence-electron chi connectivity index (χ3n) is 4.81. The first kappa shape index (κ1) is 19.0. The van der Waals surface area contributed by atoms with Gasteiger partial charge in [-0.05, 0) is 43.9 Å². The standard InChI is InChI=1S/C22H25NO4/c1-16-8-9-19(17(2)14-16)26-13-12-23-20(24)15-27-21(25)22(10-11-22)18-6-4-3-5-7-18/h3-9,14H,10-13,15H2,1-2H3,(H,23,24). The molecule has 3 rings (SSSR count). The zero-order valence-electron chi connectivity index (χ0n) is 15.8. The highest BCUT2D eigenvalue weighted by Crippen LogP contribution is 2.49. The predicted octanol–water partition coefficient (Wildman–Crippen LogP) is 3.07. The Morgan fingerprint density at radius 3 is 2.48 bits per heavy atom. The van der Waals surface area contributed by atoms with Gasteiger partial charge in [0.05, 0.1) is 12.0 Å². The zero-order chi connectivity index (χ0) is 19.3. The highest BCUT2D eigenvalue weighted by atomic mass is 16.5. The first-order chi connectivity index (χ1) is 13.0. The molecule has 1 aliphatic carbocycles. The maximum atomic E-state index is 12.4. The van der Waals surface area contributed by atoms with Gasteiger partial charge in [0.2, 0.25) is 0 Å². The number of hydrogen-bond acceptors (Lipinski definition) is 4. The van der Waals surface area contributed by atoms with Crippen LogP contribution in [-0.4, -0.2) is 31.6 Å². The van der Waals surface area contributed by atoms with Crippen molar-refractivity contribution < 1.29 is 19.1 Å². The molecular weight excluding hydrogens is 342 g/mol. The van der Waals surface area contributed by atoms with Crippen LogP contribution in [0, 0.1) is 13.8 Å². The van der Waals surface area contributed by atoms with E-state index in [0.29, 0.717) is 13.2 Å². The predicted molar refractivity (Wildman–Crippen MR) is 103 cm³/mol. The van der Waals surface area contributed by atoms with E-state index in [4.69, 9.17) is 9.47 Å². The van der Waals surface area contributed by atoms with Crippen molar-refractivity contribution in [2.45, 2.75) is 32.1 Å². The molecule has 0 unspecified atom stereocenters. The summed E-state index contributed by atoms with van der Waals surface area (Å²) in [6.45, 7) is 4.46. The summed E-state index contributed by atoms with van der Waals surface area (Å²) in [5, 5.41) is 2.71. The van der Waals surface area contributed by atoms with Crippen molar-refractivity contribution in [1.82, 2.24) is 5.32 Å². The molecule has 1 N–H and O–H groups in total. The van der Waals surface area contributed by atoms with Gasteiger partial charge in [-0.1, -0.05) is 48.0 Å². The van der Waals surface area contributed by atoms with E-state index in [1.807, 2.05) is 62.4 Å². The second-order valence-electron chi connectivity index (χ2n) is 6.99. The SMILES string of the molecule is Cc1ccc(OCCNC(=O)COC(=O)C2(c3ccccc3)CC2)c(C)c1. The van der Waals surface area contributed by atoms with E-state index >= 15 is 0 Å². The van der Waals surface area contributed by atoms with E-state index in [2.05, 4.69) is 5.32 Å². The topological polar surface area (TPSA) is 64.6 Å². The summed E-state index contributed by atoms with van der Waals surface area (Å²) in [6.07, 6.45) is 1.53. The van der Waals surface area contributed by atoms with Crippen LogP contribution in [0.5, 0.6) is 5.75 Å². The molecule has 0 bridgehead atoms. The average Bonchev–Trinajstić information content (AvgIpc) is 3.47. The first-order valence-corrected chi connectivity index (χ1v) is 9.21. The van der Waals surface area contributed by atoms with Crippen LogP contribution in [-0.2, 0) is 19.7 Å². The number of esters is 1. The Balaban J connectivity index is 1.38. The van der Waals surface area contributed by atoms with Crippen LogP contribution in [0.4, 0.5) is 0 Å². The third-order valence-corrected chi connectivity index (χ3v) is 4.81. The van der Waals surface area contributed by atoms with Gasteiger partial charge in [-0.25, -0.2) is 0 Å². The van der Waals surface area contributed by atoms with Crippen LogP contribution in [0.1, 0.15) is 29.5 Å². The number of rotatable bonds is 8. The van der Waals surface area contributed by atoms with Gasteiger partial charge < -0.3 is 14.8 Å². The van der Waals surface area contributed by atoms with Gasteiger partial charge in [0.25, 0.3) is 5.91 Å². The van der Waals surface area contributed by atoms with Crippen molar-refractivity contribution >= 4 is 11.9 Å². The minimum absolute atomic E-state index is 0.267. The summed E-state index contributed by atoms with van der Waals surface area (Å²) in [5.74, 6) is 0.159. The molecule has 0 aliphatic heterocycles. The molecule has 27 heavy (non-hydrogen) atoms. The van der Waals surface area contributed by atoms with E-state index in [9.17, 15) is 9.59 Å². The number of nitrogens with one attached hydrogen (secondary N) is 1. The Hall–Kier alpha value is -2.82. The van der Waals surface area contributed by atoms with Crippen molar-refractivity contribution in [2.24, 2.45) is 0 Å². The van der Waals surface area contributed by atoms with Crippen LogP contribution in [0.3, 0.4) is 0 Å². The molecular formula is C22H25NO4. The van der Waals surface area contributed by atoms with Crippen LogP contribution in [0.2, 0.25) is 0 Å². The van der Waals surface area contributed by atoms with Gasteiger partial charge in [0.1, 0.15) is 12.4 Å². The summed E-state index contributed by atoms with van der Waals surface area (Å²) in [4.78, 5) is 24.3. The number of carbonyl (C=O) groups excluding carboxylic acids is 2. The molecule has 0 aromatic heterocycles. The van der Waals surface area contributed by atoms with Crippen molar-refractivity contribution in [3.63, 3.8) is 0 Å². The molecule has 5 nitrogen and oxygen atoms in total. The average molecular weight is 367 g/mol. The minimum atomic E-state index is -0.562. The Morgan fingerprint density at radius 2 is 1.81 bits per heavy atom. The van der Waals surface area contributed by atoms with E-state index in [1.165, 1.54) is 5.56 Å². The number of aryl methyl sites for hydroxylation is 2. The molecule has 0 saturated heterocycles. The van der Waals surface area contributed by atoms with E-state index in [-0.39, 0.29) is 18.5 Å². The quantitative estimate of drug-likeness (QED) is 0.575. The second-order valence-corrected chi connectivity index (χ2v) is 6.99. The van der Waals surface area contributed by atoms with Crippen LogP contribution < -0.4 is 10.1 Å². The fourth-order valence-corrected chi connectivity index (χ4v) is 3.13. The molecule has 1 saturated carbocycles. The van der Waals surface area contributed by atoms with E-state index in [1.54, 1.807) is 0 Å². The minimum Gasteiger partial charge on any atom is -0.491 e. The summed E-state index contributed by atoms with van der Waals surface area (Å²) in [6, 6.07) is 15.5. The molecule has 1 fully saturated rings. The summed E-state index contributed by atoms with van der Waals surface area (Å²) >= 11 is 0. The fourth-order valence-electron chi connectivity index (χ4n) is 3.13. The number of ether oxygens (including phenoxy) is 2. The molecule has 2 aromatic rings. The molecule has 0 spiro atoms. The van der Waals surface area contributed by atoms with E-state index in [0.717, 1.165) is 29.7 Å². The van der Waals surface area contributed by atoms with Crippen molar-refractivity contribution in [2.75, 3.05) is 19.8 Å². The Bertz CT molecular complexity index is 812. The lowest BCUT2D eigenvalue weighted by Crippen LogP contribution is -2.34. The normalized spacial score (nSPS) is 14.3. The Labute approximate surface area is 159 Å². The molecule has 0 radical (unpaired) electrons. The van der Waals surface area contributed by atoms with Crippen molar-refractivity contribution in [3.05, 3.63) is 65.2 Å². The maximum absolute atomic E-state index is 12.4. The van der Waals surface area contributed by atoms with Gasteiger partial charge in [-0.2, -0.15) is 0 Å². The highest BCUT2D eigenvalue weighted by Gasteiger charge is 2.52. The van der Waals surface area contributed by atoms with Crippen LogP contribution >= 0.6 is 0 Å². The monoisotopic (exact) mass is 367 g/mol. The molecule has 1 amide bonds. The van der Waals surface area contributed by atoms with Crippen LogP contribution in [0.25, 0.3) is 0 Å². The lowest BCUT2D eigenvalue weighted by atomic mass is 9.96. The molecule has 0 atom stereocenters. The fraction of sp³-hybridized carbons (Fsp3) is 0.364. The molecule has 142 valence electrons. The number of carbonyl (C=O) groups is 2. The Morgan fingerprint density at radius 1 is 1.07 bits per heavy atom. The van der Waals surface area contributed by atoms with Crippen LogP contribution in [0.15, 0.2) is 48.5 Å². The third kappa shape index (κ3) is 4.67. The maximum Gasteiger partial charge on any atom is 0.317 e. The van der Waals surface area contributed by atoms with Gasteiger partial charge in [0, 0.05) is 0 Å². The van der Waals surface area contributed by atoms with Crippen molar-refractivity contribution in [3.8, 4) is 5.75 Å². The summed E-state index contributed by atoms with van der Waals surface area (Å²) < 4.78 is 10.9. The van der Waals surface area contributed by atoms with Gasteiger partial charge >= 0.3 is 5.97 Å². The molecule has 0 heterocycles. The summed E-state index contributed by atoms with van der Waals surface area (Å²) in [7, 11) is 0. The lowest BCUT2D eigenvalue weighted by Gasteiger charge is -2.15. The molecule has 5 heteroatoms. The smallest absolute Gasteiger partial charge is 0.317 e. The molecule has 1 aliphatic rings. The zero-order valence-corrected chi connectivity index (χ0v) is 15.8. The van der Waals surface area contributed by atoms with E-state index < -0.39 is 5.41 Å². The van der Waals surface area contributed by atoms with Gasteiger partial charge in [0.15, 0.2) is 6.61 Å². The Kier molecular flexibility index (Phi) is 5.79.